The van der Waals surface area contributed by atoms with Gasteiger partial charge in [0.2, 0.25) is 0 Å². The van der Waals surface area contributed by atoms with Crippen LogP contribution in [0.25, 0.3) is 0 Å². The Balaban J connectivity index is 2.25. The molecule has 0 bridgehead atoms. The molecule has 0 aromatic heterocycles. The molecule has 1 aliphatic rings. The number of thiol groups is 1. The minimum absolute atomic E-state index is 0.138. The monoisotopic (exact) mass is 256 g/mol. The molecule has 1 atom stereocenters. The molecule has 0 radical (unpaired) electrons. The molecule has 0 spiro atoms. The van der Waals surface area contributed by atoms with Crippen LogP contribution in [0.1, 0.15) is 18.6 Å². The summed E-state index contributed by atoms with van der Waals surface area (Å²) in [5.41, 5.74) is 1.59. The third kappa shape index (κ3) is 2.91. The Morgan fingerprint density at radius 3 is 2.76 bits per heavy atom. The number of hydrogen-bond donors (Lipinski definition) is 2. The van der Waals surface area contributed by atoms with Crippen molar-refractivity contribution in [1.82, 2.24) is 5.32 Å². The van der Waals surface area contributed by atoms with E-state index in [2.05, 4.69) is 23.1 Å². The van der Waals surface area contributed by atoms with Gasteiger partial charge in [-0.05, 0) is 37.5 Å². The molecule has 94 valence electrons. The van der Waals surface area contributed by atoms with Crippen LogP contribution in [0, 0.1) is 5.82 Å². The minimum Gasteiger partial charge on any atom is -0.367 e. The molecular weight excluding hydrogens is 239 g/mol. The highest BCUT2D eigenvalue weighted by Crippen LogP contribution is 2.26. The van der Waals surface area contributed by atoms with Crippen molar-refractivity contribution in [3.05, 3.63) is 29.6 Å². The zero-order chi connectivity index (χ0) is 12.3. The summed E-state index contributed by atoms with van der Waals surface area (Å²) in [6.45, 7) is 5.33. The molecule has 17 heavy (non-hydrogen) atoms. The number of nitrogens with zero attached hydrogens (tertiary/aromatic N) is 1. The number of rotatable bonds is 3. The molecule has 1 aliphatic heterocycles. The Bertz CT molecular complexity index is 383. The van der Waals surface area contributed by atoms with Gasteiger partial charge in [-0.1, -0.05) is 6.07 Å². The fourth-order valence-electron chi connectivity index (χ4n) is 1.99. The molecule has 2 rings (SSSR count). The lowest BCUT2D eigenvalue weighted by Gasteiger charge is -2.30. The van der Waals surface area contributed by atoms with Crippen molar-refractivity contribution in [3.63, 3.8) is 0 Å². The number of benzene rings is 1. The number of halogens is 1. The first-order chi connectivity index (χ1) is 8.22. The molecule has 0 aliphatic carbocycles. The van der Waals surface area contributed by atoms with Gasteiger partial charge >= 0.3 is 0 Å². The summed E-state index contributed by atoms with van der Waals surface area (Å²) in [6, 6.07) is 5.08. The van der Waals surface area contributed by atoms with Gasteiger partial charge in [-0.15, -0.1) is 0 Å². The van der Waals surface area contributed by atoms with Crippen LogP contribution in [0.15, 0.2) is 18.2 Å². The molecule has 1 fully saturated rings. The van der Waals surface area contributed by atoms with E-state index in [1.807, 2.05) is 13.0 Å². The van der Waals surface area contributed by atoms with Gasteiger partial charge in [0.25, 0.3) is 0 Å². The maximum atomic E-state index is 13.8. The van der Waals surface area contributed by atoms with Crippen LogP contribution in [0.3, 0.4) is 0 Å². The molecule has 0 saturated carbocycles. The molecule has 3 nitrogen and oxygen atoms in total. The normalized spacial score (nSPS) is 18.2. The highest BCUT2D eigenvalue weighted by atomic mass is 32.1. The summed E-state index contributed by atoms with van der Waals surface area (Å²) in [7, 11) is 0. The predicted octanol–water partition coefficient (Wildman–Crippen LogP) is 2.16. The zero-order valence-electron chi connectivity index (χ0n) is 9.82. The van der Waals surface area contributed by atoms with Crippen LogP contribution >= 0.6 is 12.9 Å². The molecule has 1 aromatic rings. The van der Waals surface area contributed by atoms with E-state index in [0.29, 0.717) is 5.69 Å². The van der Waals surface area contributed by atoms with Gasteiger partial charge < -0.3 is 14.4 Å². The topological polar surface area (TPSA) is 24.5 Å². The summed E-state index contributed by atoms with van der Waals surface area (Å²) in [5, 5.41) is 3.25. The summed E-state index contributed by atoms with van der Waals surface area (Å²) >= 11 is 3.80. The summed E-state index contributed by atoms with van der Waals surface area (Å²) in [6.07, 6.45) is -0.138. The number of nitrogens with one attached hydrogen (secondary N) is 1. The quantitative estimate of drug-likeness (QED) is 0.640. The SMILES string of the molecule is C[C@@H](OS)c1ccc(F)c(N2CCNCC2)c1. The molecule has 1 heterocycles. The van der Waals surface area contributed by atoms with Crippen molar-refractivity contribution in [2.45, 2.75) is 13.0 Å². The first kappa shape index (κ1) is 12.7. The van der Waals surface area contributed by atoms with Crippen molar-refractivity contribution >= 4 is 18.6 Å². The molecule has 1 N–H and O–H groups in total. The van der Waals surface area contributed by atoms with Crippen LogP contribution in [0.2, 0.25) is 0 Å². The summed E-state index contributed by atoms with van der Waals surface area (Å²) in [5.74, 6) is -0.179. The molecule has 5 heteroatoms. The third-order valence-corrected chi connectivity index (χ3v) is 3.37. The van der Waals surface area contributed by atoms with Gasteiger partial charge in [0.05, 0.1) is 11.8 Å². The lowest BCUT2D eigenvalue weighted by molar-refractivity contribution is 0.279. The lowest BCUT2D eigenvalue weighted by Crippen LogP contribution is -2.43. The number of hydrogen-bond acceptors (Lipinski definition) is 4. The highest BCUT2D eigenvalue weighted by molar-refractivity contribution is 7.75. The second-order valence-electron chi connectivity index (χ2n) is 4.20. The summed E-state index contributed by atoms with van der Waals surface area (Å²) < 4.78 is 18.8. The smallest absolute Gasteiger partial charge is 0.146 e. The predicted molar refractivity (Wildman–Crippen MR) is 70.0 cm³/mol. The van der Waals surface area contributed by atoms with Gasteiger partial charge in [-0.3, -0.25) is 0 Å². The Hall–Kier alpha value is -0.780. The van der Waals surface area contributed by atoms with Gasteiger partial charge in [0.1, 0.15) is 5.82 Å². The van der Waals surface area contributed by atoms with E-state index in [0.717, 1.165) is 31.7 Å². The standard InChI is InChI=1S/C12H17FN2OS/c1-9(16-17)10-2-3-11(13)12(8-10)15-6-4-14-5-7-15/h2-3,8-9,14,17H,4-7H2,1H3/t9-/m1/s1. The lowest BCUT2D eigenvalue weighted by atomic mass is 10.1. The average Bonchev–Trinajstić information content (AvgIpc) is 2.39. The van der Waals surface area contributed by atoms with E-state index in [-0.39, 0.29) is 11.9 Å². The van der Waals surface area contributed by atoms with Crippen molar-refractivity contribution in [1.29, 1.82) is 0 Å². The van der Waals surface area contributed by atoms with Crippen LogP contribution < -0.4 is 10.2 Å². The highest BCUT2D eigenvalue weighted by Gasteiger charge is 2.16. The van der Waals surface area contributed by atoms with E-state index < -0.39 is 0 Å². The molecular formula is C12H17FN2OS. The molecule has 0 amide bonds. The van der Waals surface area contributed by atoms with E-state index in [4.69, 9.17) is 4.18 Å². The van der Waals surface area contributed by atoms with Gasteiger partial charge in [-0.2, -0.15) is 0 Å². The largest absolute Gasteiger partial charge is 0.367 e. The Labute approximate surface area is 107 Å². The van der Waals surface area contributed by atoms with Crippen molar-refractivity contribution in [2.24, 2.45) is 0 Å². The van der Waals surface area contributed by atoms with Crippen LogP contribution in [-0.2, 0) is 4.18 Å². The fourth-order valence-corrected chi connectivity index (χ4v) is 2.11. The third-order valence-electron chi connectivity index (χ3n) is 3.06. The first-order valence-corrected chi connectivity index (χ1v) is 6.14. The Morgan fingerprint density at radius 1 is 1.41 bits per heavy atom. The first-order valence-electron chi connectivity index (χ1n) is 5.77. The summed E-state index contributed by atoms with van der Waals surface area (Å²) in [4.78, 5) is 2.06. The molecule has 0 unspecified atom stereocenters. The maximum Gasteiger partial charge on any atom is 0.146 e. The minimum atomic E-state index is -0.179. The van der Waals surface area contributed by atoms with Gasteiger partial charge in [0, 0.05) is 26.2 Å². The second kappa shape index (κ2) is 5.71. The van der Waals surface area contributed by atoms with Crippen molar-refractivity contribution in [2.75, 3.05) is 31.1 Å². The van der Waals surface area contributed by atoms with E-state index in [1.54, 1.807) is 6.07 Å². The number of anilines is 1. The maximum absolute atomic E-state index is 13.8. The van der Waals surface area contributed by atoms with E-state index in [1.165, 1.54) is 6.07 Å². The van der Waals surface area contributed by atoms with E-state index >= 15 is 0 Å². The number of piperazine rings is 1. The Morgan fingerprint density at radius 2 is 2.12 bits per heavy atom. The van der Waals surface area contributed by atoms with Gasteiger partial charge in [0.15, 0.2) is 0 Å². The van der Waals surface area contributed by atoms with Crippen LogP contribution in [0.5, 0.6) is 0 Å². The molecule has 1 saturated heterocycles. The molecule has 1 aromatic carbocycles. The zero-order valence-corrected chi connectivity index (χ0v) is 10.7. The van der Waals surface area contributed by atoms with Crippen molar-refractivity contribution < 1.29 is 8.57 Å². The van der Waals surface area contributed by atoms with Crippen LogP contribution in [-0.4, -0.2) is 26.2 Å². The van der Waals surface area contributed by atoms with E-state index in [9.17, 15) is 4.39 Å². The second-order valence-corrected chi connectivity index (χ2v) is 4.41. The fraction of sp³-hybridized carbons (Fsp3) is 0.500. The van der Waals surface area contributed by atoms with Gasteiger partial charge in [-0.25, -0.2) is 4.39 Å². The van der Waals surface area contributed by atoms with Crippen molar-refractivity contribution in [3.8, 4) is 0 Å². The van der Waals surface area contributed by atoms with Crippen LogP contribution in [0.4, 0.5) is 10.1 Å². The average molecular weight is 256 g/mol. The Kier molecular flexibility index (Phi) is 4.25.